The second-order valence-electron chi connectivity index (χ2n) is 5.99. The molecule has 0 heterocycles. The van der Waals surface area contributed by atoms with Crippen LogP contribution in [0.4, 0.5) is 5.69 Å². The van der Waals surface area contributed by atoms with Crippen molar-refractivity contribution in [1.29, 1.82) is 0 Å². The average Bonchev–Trinajstić information content (AvgIpc) is 2.60. The highest BCUT2D eigenvalue weighted by Gasteiger charge is 2.23. The second-order valence-corrected chi connectivity index (χ2v) is 5.99. The molecule has 0 radical (unpaired) electrons. The van der Waals surface area contributed by atoms with E-state index in [1.54, 1.807) is 31.3 Å². The fraction of sp³-hybridized carbons (Fsp3) is 0.500. The lowest BCUT2D eigenvalue weighted by Crippen LogP contribution is -2.46. The predicted octanol–water partition coefficient (Wildman–Crippen LogP) is 1.70. The highest BCUT2D eigenvalue weighted by molar-refractivity contribution is 5.96. The number of nitrogens with zero attached hydrogens (tertiary/aromatic N) is 2. The van der Waals surface area contributed by atoms with Crippen LogP contribution in [0, 0.1) is 0 Å². The maximum atomic E-state index is 12.5. The van der Waals surface area contributed by atoms with E-state index < -0.39 is 12.0 Å². The summed E-state index contributed by atoms with van der Waals surface area (Å²) in [6, 6.07) is 6.22. The first-order valence-electron chi connectivity index (χ1n) is 8.43. The Morgan fingerprint density at radius 2 is 1.85 bits per heavy atom. The molecule has 0 fully saturated rings. The third-order valence-electron chi connectivity index (χ3n) is 3.96. The molecule has 1 aromatic rings. The summed E-state index contributed by atoms with van der Waals surface area (Å²) >= 11 is 0. The molecule has 2 amide bonds. The lowest BCUT2D eigenvalue weighted by Gasteiger charge is -2.26. The van der Waals surface area contributed by atoms with Gasteiger partial charge in [0.25, 0.3) is 0 Å². The van der Waals surface area contributed by atoms with Gasteiger partial charge >= 0.3 is 5.97 Å². The van der Waals surface area contributed by atoms with E-state index in [4.69, 9.17) is 9.84 Å². The van der Waals surface area contributed by atoms with Crippen LogP contribution in [0.3, 0.4) is 0 Å². The summed E-state index contributed by atoms with van der Waals surface area (Å²) < 4.78 is 5.19. The second kappa shape index (κ2) is 12.1. The van der Waals surface area contributed by atoms with Gasteiger partial charge in [-0.25, -0.2) is 0 Å². The topological polar surface area (TPSA) is 99.2 Å². The van der Waals surface area contributed by atoms with E-state index >= 15 is 0 Å². The zero-order valence-corrected chi connectivity index (χ0v) is 16.9. The normalized spacial score (nSPS) is 11.3. The monoisotopic (exact) mass is 401 g/mol. The Balaban J connectivity index is 0.00000676. The van der Waals surface area contributed by atoms with Crippen molar-refractivity contribution in [3.8, 4) is 5.75 Å². The third-order valence-corrected chi connectivity index (χ3v) is 3.96. The summed E-state index contributed by atoms with van der Waals surface area (Å²) in [6.45, 7) is 3.64. The Morgan fingerprint density at radius 3 is 2.41 bits per heavy atom. The van der Waals surface area contributed by atoms with Crippen molar-refractivity contribution >= 4 is 35.9 Å². The molecular formula is C18H28ClN3O5. The van der Waals surface area contributed by atoms with Crippen LogP contribution in [0.15, 0.2) is 24.3 Å². The Hall–Kier alpha value is -2.32. The molecule has 0 spiro atoms. The van der Waals surface area contributed by atoms with Gasteiger partial charge < -0.3 is 20.1 Å². The number of carbonyl (C=O) groups is 3. The molecular weight excluding hydrogens is 374 g/mol. The summed E-state index contributed by atoms with van der Waals surface area (Å²) in [4.78, 5) is 38.7. The van der Waals surface area contributed by atoms with Crippen molar-refractivity contribution in [2.45, 2.75) is 26.3 Å². The molecule has 0 aliphatic heterocycles. The number of hydrogen-bond acceptors (Lipinski definition) is 5. The number of para-hydroxylation sites is 2. The number of nitrogens with one attached hydrogen (secondary N) is 1. The van der Waals surface area contributed by atoms with Crippen molar-refractivity contribution in [2.24, 2.45) is 0 Å². The Labute approximate surface area is 165 Å². The van der Waals surface area contributed by atoms with Crippen LogP contribution in [-0.2, 0) is 14.4 Å². The number of ether oxygens (including phenoxy) is 1. The molecule has 1 rings (SSSR count). The number of carboxylic acid groups (broad SMARTS) is 1. The summed E-state index contributed by atoms with van der Waals surface area (Å²) in [5.41, 5.74) is 0.528. The van der Waals surface area contributed by atoms with E-state index in [-0.39, 0.29) is 37.3 Å². The predicted molar refractivity (Wildman–Crippen MR) is 105 cm³/mol. The minimum Gasteiger partial charge on any atom is -0.495 e. The number of halogens is 1. The summed E-state index contributed by atoms with van der Waals surface area (Å²) in [6.07, 6.45) is 0.686. The number of amides is 2. The largest absolute Gasteiger partial charge is 0.495 e. The van der Waals surface area contributed by atoms with E-state index in [9.17, 15) is 14.4 Å². The molecule has 0 aliphatic rings. The first-order chi connectivity index (χ1) is 12.3. The molecule has 27 heavy (non-hydrogen) atoms. The molecule has 8 nitrogen and oxygen atoms in total. The summed E-state index contributed by atoms with van der Waals surface area (Å²) in [5, 5.41) is 11.8. The number of anilines is 1. The van der Waals surface area contributed by atoms with Gasteiger partial charge in [-0.3, -0.25) is 19.3 Å². The molecule has 1 atom stereocenters. The molecule has 1 unspecified atom stereocenters. The molecule has 9 heteroatoms. The van der Waals surface area contributed by atoms with E-state index in [2.05, 4.69) is 5.32 Å². The minimum absolute atomic E-state index is 0. The first kappa shape index (κ1) is 24.7. The zero-order chi connectivity index (χ0) is 19.7. The van der Waals surface area contributed by atoms with Gasteiger partial charge in [0.2, 0.25) is 11.8 Å². The van der Waals surface area contributed by atoms with E-state index in [0.717, 1.165) is 0 Å². The Bertz CT molecular complexity index is 641. The van der Waals surface area contributed by atoms with Crippen LogP contribution in [0.5, 0.6) is 5.75 Å². The fourth-order valence-corrected chi connectivity index (χ4v) is 2.31. The Morgan fingerprint density at radius 1 is 1.22 bits per heavy atom. The van der Waals surface area contributed by atoms with Crippen molar-refractivity contribution in [3.63, 3.8) is 0 Å². The van der Waals surface area contributed by atoms with E-state index in [0.29, 0.717) is 24.4 Å². The van der Waals surface area contributed by atoms with Crippen molar-refractivity contribution in [1.82, 2.24) is 9.80 Å². The first-order valence-corrected chi connectivity index (χ1v) is 8.43. The molecule has 2 N–H and O–H groups in total. The van der Waals surface area contributed by atoms with Crippen molar-refractivity contribution in [3.05, 3.63) is 24.3 Å². The average molecular weight is 402 g/mol. The standard InChI is InChI=1S/C18H27N3O5.ClH/c1-5-10-21(17(23)12-20(3)13(2)18(24)25)11-16(22)19-14-8-6-7-9-15(14)26-4;/h6-9,13H,5,10-12H2,1-4H3,(H,19,22)(H,24,25);1H. The summed E-state index contributed by atoms with van der Waals surface area (Å²) in [7, 11) is 3.08. The van der Waals surface area contributed by atoms with Crippen LogP contribution < -0.4 is 10.1 Å². The van der Waals surface area contributed by atoms with Gasteiger partial charge in [-0.2, -0.15) is 0 Å². The maximum absolute atomic E-state index is 12.5. The molecule has 1 aromatic carbocycles. The third kappa shape index (κ3) is 7.84. The zero-order valence-electron chi connectivity index (χ0n) is 16.1. The maximum Gasteiger partial charge on any atom is 0.320 e. The number of rotatable bonds is 10. The van der Waals surface area contributed by atoms with Crippen LogP contribution in [0.25, 0.3) is 0 Å². The SMILES string of the molecule is CCCN(CC(=O)Nc1ccccc1OC)C(=O)CN(C)C(C)C(=O)O.Cl. The van der Waals surface area contributed by atoms with Gasteiger partial charge in [0.15, 0.2) is 0 Å². The van der Waals surface area contributed by atoms with Gasteiger partial charge in [0.1, 0.15) is 11.8 Å². The number of methoxy groups -OCH3 is 1. The molecule has 0 saturated carbocycles. The van der Waals surface area contributed by atoms with Crippen molar-refractivity contribution < 1.29 is 24.2 Å². The molecule has 0 saturated heterocycles. The van der Waals surface area contributed by atoms with Gasteiger partial charge in [0.05, 0.1) is 25.9 Å². The van der Waals surface area contributed by atoms with Crippen LogP contribution in [0.1, 0.15) is 20.3 Å². The molecule has 152 valence electrons. The van der Waals surface area contributed by atoms with Crippen LogP contribution >= 0.6 is 12.4 Å². The van der Waals surface area contributed by atoms with Crippen molar-refractivity contribution in [2.75, 3.05) is 39.1 Å². The molecule has 0 bridgehead atoms. The lowest BCUT2D eigenvalue weighted by molar-refractivity contribution is -0.144. The number of likely N-dealkylation sites (N-methyl/N-ethyl adjacent to an activating group) is 1. The lowest BCUT2D eigenvalue weighted by atomic mass is 10.2. The summed E-state index contributed by atoms with van der Waals surface area (Å²) in [5.74, 6) is -1.11. The Kier molecular flexibility index (Phi) is 11.1. The number of hydrogen-bond donors (Lipinski definition) is 2. The van der Waals surface area contributed by atoms with E-state index in [1.807, 2.05) is 6.92 Å². The van der Waals surface area contributed by atoms with Gasteiger partial charge in [-0.05, 0) is 32.5 Å². The molecule has 0 aromatic heterocycles. The quantitative estimate of drug-likeness (QED) is 0.619. The molecule has 0 aliphatic carbocycles. The number of aliphatic carboxylic acids is 1. The van der Waals surface area contributed by atoms with Gasteiger partial charge in [-0.15, -0.1) is 12.4 Å². The van der Waals surface area contributed by atoms with Gasteiger partial charge in [0, 0.05) is 6.54 Å². The van der Waals surface area contributed by atoms with Crippen LogP contribution in [0.2, 0.25) is 0 Å². The fourth-order valence-electron chi connectivity index (χ4n) is 2.31. The van der Waals surface area contributed by atoms with Crippen LogP contribution in [-0.4, -0.2) is 72.5 Å². The smallest absolute Gasteiger partial charge is 0.320 e. The highest BCUT2D eigenvalue weighted by atomic mass is 35.5. The number of benzene rings is 1. The number of carboxylic acids is 1. The van der Waals surface area contributed by atoms with E-state index in [1.165, 1.54) is 23.8 Å². The highest BCUT2D eigenvalue weighted by Crippen LogP contribution is 2.22. The number of carbonyl (C=O) groups excluding carboxylic acids is 2. The van der Waals surface area contributed by atoms with Gasteiger partial charge in [-0.1, -0.05) is 19.1 Å². The minimum atomic E-state index is -1.00.